The molecule has 1 amide bonds. The van der Waals surface area contributed by atoms with Crippen molar-refractivity contribution in [2.45, 2.75) is 0 Å². The summed E-state index contributed by atoms with van der Waals surface area (Å²) < 4.78 is 17.3. The summed E-state index contributed by atoms with van der Waals surface area (Å²) >= 11 is 1.51. The number of rotatable bonds is 6. The summed E-state index contributed by atoms with van der Waals surface area (Å²) in [5.41, 5.74) is 1.27. The fraction of sp³-hybridized carbons (Fsp3) is 0.0870. The van der Waals surface area contributed by atoms with Crippen LogP contribution in [0.25, 0.3) is 27.1 Å². The summed E-state index contributed by atoms with van der Waals surface area (Å²) in [6.45, 7) is 0. The van der Waals surface area contributed by atoms with Gasteiger partial charge in [-0.2, -0.15) is 5.26 Å². The molecular formula is C23H17N3O4S. The fourth-order valence-corrected chi connectivity index (χ4v) is 3.85. The molecule has 0 aliphatic heterocycles. The molecule has 0 aliphatic carbocycles. The molecule has 2 aromatic carbocycles. The number of ether oxygens (including phenoxy) is 2. The van der Waals surface area contributed by atoms with Gasteiger partial charge in [0.15, 0.2) is 22.3 Å². The molecule has 0 radical (unpaired) electrons. The lowest BCUT2D eigenvalue weighted by atomic mass is 10.2. The lowest BCUT2D eigenvalue weighted by molar-refractivity contribution is -0.112. The van der Waals surface area contributed by atoms with E-state index in [-0.39, 0.29) is 5.57 Å². The summed E-state index contributed by atoms with van der Waals surface area (Å²) in [4.78, 5) is 17.1. The number of thiazole rings is 1. The first-order chi connectivity index (χ1) is 15.1. The van der Waals surface area contributed by atoms with E-state index >= 15 is 0 Å². The maximum absolute atomic E-state index is 12.6. The number of fused-ring (bicyclic) bond motifs is 1. The number of furan rings is 1. The number of hydrogen-bond donors (Lipinski definition) is 1. The second-order valence-electron chi connectivity index (χ2n) is 6.38. The van der Waals surface area contributed by atoms with Crippen LogP contribution in [0.1, 0.15) is 5.76 Å². The van der Waals surface area contributed by atoms with Gasteiger partial charge in [-0.1, -0.05) is 12.1 Å². The third kappa shape index (κ3) is 4.27. The minimum Gasteiger partial charge on any atom is -0.493 e. The van der Waals surface area contributed by atoms with E-state index in [1.807, 2.05) is 30.3 Å². The van der Waals surface area contributed by atoms with Crippen molar-refractivity contribution in [1.29, 1.82) is 5.26 Å². The molecule has 4 rings (SSSR count). The van der Waals surface area contributed by atoms with Crippen LogP contribution in [0.2, 0.25) is 0 Å². The Hall–Kier alpha value is -4.09. The normalized spacial score (nSPS) is 11.2. The zero-order chi connectivity index (χ0) is 21.8. The number of hydrogen-bond acceptors (Lipinski definition) is 7. The Morgan fingerprint density at radius 3 is 2.68 bits per heavy atom. The molecule has 8 heteroatoms. The third-order valence-corrected chi connectivity index (χ3v) is 5.48. The van der Waals surface area contributed by atoms with E-state index in [0.29, 0.717) is 28.7 Å². The molecule has 0 atom stereocenters. The molecule has 0 unspecified atom stereocenters. The number of nitriles is 1. The van der Waals surface area contributed by atoms with Crippen LogP contribution < -0.4 is 14.8 Å². The maximum Gasteiger partial charge on any atom is 0.266 e. The van der Waals surface area contributed by atoms with Crippen molar-refractivity contribution in [3.8, 4) is 28.3 Å². The lowest BCUT2D eigenvalue weighted by Gasteiger charge is -2.10. The molecule has 7 nitrogen and oxygen atoms in total. The maximum atomic E-state index is 12.6. The Labute approximate surface area is 182 Å². The van der Waals surface area contributed by atoms with Gasteiger partial charge >= 0.3 is 0 Å². The first-order valence-corrected chi connectivity index (χ1v) is 10.0. The molecule has 4 aromatic rings. The quantitative estimate of drug-likeness (QED) is 0.336. The van der Waals surface area contributed by atoms with Crippen molar-refractivity contribution in [2.75, 3.05) is 19.5 Å². The van der Waals surface area contributed by atoms with Crippen LogP contribution in [-0.4, -0.2) is 25.1 Å². The number of amides is 1. The average Bonchev–Trinajstić information content (AvgIpc) is 3.44. The highest BCUT2D eigenvalue weighted by Crippen LogP contribution is 2.32. The number of aromatic nitrogens is 1. The fourth-order valence-electron chi connectivity index (χ4n) is 2.93. The molecule has 0 saturated carbocycles. The minimum absolute atomic E-state index is 0.0972. The zero-order valence-corrected chi connectivity index (χ0v) is 17.5. The molecule has 0 aliphatic rings. The van der Waals surface area contributed by atoms with E-state index in [0.717, 1.165) is 15.2 Å². The predicted octanol–water partition coefficient (Wildman–Crippen LogP) is 5.12. The van der Waals surface area contributed by atoms with Crippen LogP contribution in [-0.2, 0) is 4.79 Å². The molecule has 31 heavy (non-hydrogen) atoms. The molecule has 2 heterocycles. The van der Waals surface area contributed by atoms with E-state index < -0.39 is 5.91 Å². The number of anilines is 1. The van der Waals surface area contributed by atoms with Crippen LogP contribution in [0.3, 0.4) is 0 Å². The predicted molar refractivity (Wildman–Crippen MR) is 119 cm³/mol. The molecule has 154 valence electrons. The molecule has 0 fully saturated rings. The van der Waals surface area contributed by atoms with Crippen molar-refractivity contribution < 1.29 is 18.7 Å². The summed E-state index contributed by atoms with van der Waals surface area (Å²) in [5.74, 6) is 1.40. The highest BCUT2D eigenvalue weighted by Gasteiger charge is 2.14. The van der Waals surface area contributed by atoms with Gasteiger partial charge in [-0.25, -0.2) is 4.98 Å². The van der Waals surface area contributed by atoms with Crippen molar-refractivity contribution in [3.63, 3.8) is 0 Å². The first-order valence-electron chi connectivity index (χ1n) is 9.22. The van der Waals surface area contributed by atoms with Crippen molar-refractivity contribution >= 4 is 39.2 Å². The summed E-state index contributed by atoms with van der Waals surface area (Å²) in [6.07, 6.45) is 1.40. The van der Waals surface area contributed by atoms with Gasteiger partial charge in [0.25, 0.3) is 5.91 Å². The number of nitrogens with zero attached hydrogens (tertiary/aromatic N) is 2. The summed E-state index contributed by atoms with van der Waals surface area (Å²) in [6, 6.07) is 18.1. The Morgan fingerprint density at radius 2 is 1.94 bits per heavy atom. The number of methoxy groups -OCH3 is 2. The van der Waals surface area contributed by atoms with E-state index in [4.69, 9.17) is 13.9 Å². The highest BCUT2D eigenvalue weighted by atomic mass is 32.1. The van der Waals surface area contributed by atoms with Gasteiger partial charge in [0.2, 0.25) is 0 Å². The Kier molecular flexibility index (Phi) is 5.69. The van der Waals surface area contributed by atoms with Crippen LogP contribution in [0.5, 0.6) is 11.5 Å². The minimum atomic E-state index is -0.562. The summed E-state index contributed by atoms with van der Waals surface area (Å²) in [7, 11) is 3.03. The highest BCUT2D eigenvalue weighted by molar-refractivity contribution is 7.21. The second kappa shape index (κ2) is 8.73. The van der Waals surface area contributed by atoms with Gasteiger partial charge in [-0.3, -0.25) is 4.79 Å². The number of benzene rings is 2. The SMILES string of the molecule is COc1ccc(NC(=O)/C(C#N)=C/c2ccc(-c3nc4ccccc4s3)o2)cc1OC. The van der Waals surface area contributed by atoms with E-state index in [2.05, 4.69) is 10.3 Å². The van der Waals surface area contributed by atoms with Crippen LogP contribution >= 0.6 is 11.3 Å². The molecule has 1 N–H and O–H groups in total. The van der Waals surface area contributed by atoms with Crippen molar-refractivity contribution in [2.24, 2.45) is 0 Å². The number of para-hydroxylation sites is 1. The topological polar surface area (TPSA) is 97.4 Å². The van der Waals surface area contributed by atoms with Gasteiger partial charge < -0.3 is 19.2 Å². The van der Waals surface area contributed by atoms with Crippen LogP contribution in [0, 0.1) is 11.3 Å². The molecule has 2 aromatic heterocycles. The number of carbonyl (C=O) groups is 1. The van der Waals surface area contributed by atoms with Gasteiger partial charge in [0, 0.05) is 17.8 Å². The Bertz CT molecular complexity index is 1300. The van der Waals surface area contributed by atoms with Gasteiger partial charge in [0.05, 0.1) is 24.4 Å². The number of carbonyl (C=O) groups excluding carboxylic acids is 1. The van der Waals surface area contributed by atoms with Crippen LogP contribution in [0.4, 0.5) is 5.69 Å². The molecule has 0 saturated heterocycles. The third-order valence-electron chi connectivity index (χ3n) is 4.42. The Balaban J connectivity index is 1.54. The van der Waals surface area contributed by atoms with Gasteiger partial charge in [-0.15, -0.1) is 11.3 Å². The van der Waals surface area contributed by atoms with Crippen LogP contribution in [0.15, 0.2) is 64.6 Å². The van der Waals surface area contributed by atoms with Gasteiger partial charge in [-0.05, 0) is 36.4 Å². The zero-order valence-electron chi connectivity index (χ0n) is 16.7. The van der Waals surface area contributed by atoms with E-state index in [1.165, 1.54) is 31.6 Å². The smallest absolute Gasteiger partial charge is 0.266 e. The molecule has 0 spiro atoms. The van der Waals surface area contributed by atoms with Crippen molar-refractivity contribution in [1.82, 2.24) is 4.98 Å². The first kappa shape index (κ1) is 20.2. The monoisotopic (exact) mass is 431 g/mol. The van der Waals surface area contributed by atoms with E-state index in [1.54, 1.807) is 30.3 Å². The van der Waals surface area contributed by atoms with E-state index in [9.17, 15) is 10.1 Å². The van der Waals surface area contributed by atoms with Gasteiger partial charge in [0.1, 0.15) is 17.4 Å². The second-order valence-corrected chi connectivity index (χ2v) is 7.41. The standard InChI is InChI=1S/C23H17N3O4S/c1-28-18-9-7-15(12-20(18)29-2)25-22(27)14(13-24)11-16-8-10-19(30-16)23-26-17-5-3-4-6-21(17)31-23/h3-12H,1-2H3,(H,25,27)/b14-11+. The largest absolute Gasteiger partial charge is 0.493 e. The summed E-state index contributed by atoms with van der Waals surface area (Å²) in [5, 5.41) is 12.9. The molecule has 0 bridgehead atoms. The Morgan fingerprint density at radius 1 is 1.13 bits per heavy atom. The molecular weight excluding hydrogens is 414 g/mol. The van der Waals surface area contributed by atoms with Crippen molar-refractivity contribution in [3.05, 3.63) is 65.9 Å². The number of nitrogens with one attached hydrogen (secondary N) is 1. The average molecular weight is 431 g/mol. The lowest BCUT2D eigenvalue weighted by Crippen LogP contribution is -2.13.